The van der Waals surface area contributed by atoms with Crippen LogP contribution < -0.4 is 10.6 Å². The van der Waals surface area contributed by atoms with E-state index in [1.807, 2.05) is 31.2 Å². The number of hydrogen-bond acceptors (Lipinski definition) is 3. The molecule has 1 aliphatic heterocycles. The van der Waals surface area contributed by atoms with Crippen LogP contribution in [0.25, 0.3) is 0 Å². The summed E-state index contributed by atoms with van der Waals surface area (Å²) >= 11 is 3.40. The summed E-state index contributed by atoms with van der Waals surface area (Å²) < 4.78 is 6.56. The van der Waals surface area contributed by atoms with Crippen molar-refractivity contribution in [3.8, 4) is 0 Å². The minimum absolute atomic E-state index is 0. The van der Waals surface area contributed by atoms with Crippen LogP contribution in [0.15, 0.2) is 28.7 Å². The molecule has 6 heteroatoms. The lowest BCUT2D eigenvalue weighted by molar-refractivity contribution is -0.125. The van der Waals surface area contributed by atoms with Gasteiger partial charge in [-0.25, -0.2) is 0 Å². The van der Waals surface area contributed by atoms with Crippen LogP contribution in [0, 0.1) is 0 Å². The van der Waals surface area contributed by atoms with Gasteiger partial charge in [0.15, 0.2) is 0 Å². The lowest BCUT2D eigenvalue weighted by Gasteiger charge is -2.24. The Labute approximate surface area is 134 Å². The molecule has 2 atom stereocenters. The highest BCUT2D eigenvalue weighted by atomic mass is 79.9. The SMILES string of the molecule is CC(NC(=O)CC1CNCCO1)c1ccc(Br)cc1.Cl. The van der Waals surface area contributed by atoms with Crippen molar-refractivity contribution in [1.29, 1.82) is 0 Å². The van der Waals surface area contributed by atoms with Crippen LogP contribution in [-0.2, 0) is 9.53 Å². The van der Waals surface area contributed by atoms with E-state index < -0.39 is 0 Å². The largest absolute Gasteiger partial charge is 0.375 e. The summed E-state index contributed by atoms with van der Waals surface area (Å²) in [6.07, 6.45) is 0.402. The third-order valence-corrected chi connectivity index (χ3v) is 3.69. The van der Waals surface area contributed by atoms with Crippen LogP contribution in [0.1, 0.15) is 24.9 Å². The molecule has 0 aliphatic carbocycles. The van der Waals surface area contributed by atoms with E-state index in [0.29, 0.717) is 13.0 Å². The van der Waals surface area contributed by atoms with Crippen molar-refractivity contribution in [3.05, 3.63) is 34.3 Å². The number of hydrogen-bond donors (Lipinski definition) is 2. The first kappa shape index (κ1) is 17.4. The zero-order chi connectivity index (χ0) is 13.7. The van der Waals surface area contributed by atoms with E-state index in [4.69, 9.17) is 4.74 Å². The molecule has 1 saturated heterocycles. The van der Waals surface area contributed by atoms with Crippen LogP contribution in [0.4, 0.5) is 0 Å². The summed E-state index contributed by atoms with van der Waals surface area (Å²) in [4.78, 5) is 11.9. The highest BCUT2D eigenvalue weighted by Gasteiger charge is 2.18. The van der Waals surface area contributed by atoms with E-state index in [1.165, 1.54) is 0 Å². The first-order chi connectivity index (χ1) is 9.15. The molecule has 0 aromatic heterocycles. The summed E-state index contributed by atoms with van der Waals surface area (Å²) in [6.45, 7) is 4.29. The molecule has 1 aromatic rings. The summed E-state index contributed by atoms with van der Waals surface area (Å²) in [6, 6.07) is 7.98. The predicted octanol–water partition coefficient (Wildman–Crippen LogP) is 2.43. The standard InChI is InChI=1S/C14H19BrN2O2.ClH/c1-10(11-2-4-12(15)5-3-11)17-14(18)8-13-9-16-6-7-19-13;/h2-5,10,13,16H,6-9H2,1H3,(H,17,18);1H. The summed E-state index contributed by atoms with van der Waals surface area (Å²) in [7, 11) is 0. The second kappa shape index (κ2) is 8.62. The van der Waals surface area contributed by atoms with Crippen molar-refractivity contribution in [2.75, 3.05) is 19.7 Å². The third-order valence-electron chi connectivity index (χ3n) is 3.16. The maximum atomic E-state index is 11.9. The Kier molecular flexibility index (Phi) is 7.51. The molecule has 1 heterocycles. The van der Waals surface area contributed by atoms with Gasteiger partial charge in [-0.3, -0.25) is 4.79 Å². The highest BCUT2D eigenvalue weighted by molar-refractivity contribution is 9.10. The van der Waals surface area contributed by atoms with Crippen molar-refractivity contribution in [3.63, 3.8) is 0 Å². The molecule has 112 valence electrons. The quantitative estimate of drug-likeness (QED) is 0.864. The van der Waals surface area contributed by atoms with E-state index in [0.717, 1.165) is 23.1 Å². The lowest BCUT2D eigenvalue weighted by Crippen LogP contribution is -2.41. The number of ether oxygens (including phenoxy) is 1. The van der Waals surface area contributed by atoms with Gasteiger partial charge in [-0.05, 0) is 24.6 Å². The van der Waals surface area contributed by atoms with Crippen LogP contribution in [-0.4, -0.2) is 31.7 Å². The Bertz CT molecular complexity index is 422. The molecule has 0 radical (unpaired) electrons. The zero-order valence-corrected chi connectivity index (χ0v) is 13.8. The van der Waals surface area contributed by atoms with Gasteiger partial charge in [0.25, 0.3) is 0 Å². The fraction of sp³-hybridized carbons (Fsp3) is 0.500. The fourth-order valence-electron chi connectivity index (χ4n) is 2.09. The Morgan fingerprint density at radius 1 is 1.50 bits per heavy atom. The van der Waals surface area contributed by atoms with Gasteiger partial charge in [0.2, 0.25) is 5.91 Å². The summed E-state index contributed by atoms with van der Waals surface area (Å²) in [5.74, 6) is 0.0316. The molecule has 2 rings (SSSR count). The molecule has 1 amide bonds. The number of amides is 1. The number of morpholine rings is 1. The fourth-order valence-corrected chi connectivity index (χ4v) is 2.36. The first-order valence-corrected chi connectivity index (χ1v) is 7.31. The van der Waals surface area contributed by atoms with Gasteiger partial charge in [-0.15, -0.1) is 12.4 Å². The molecular weight excluding hydrogens is 344 g/mol. The van der Waals surface area contributed by atoms with Crippen LogP contribution in [0.2, 0.25) is 0 Å². The molecular formula is C14H20BrClN2O2. The normalized spacial score (nSPS) is 19.8. The summed E-state index contributed by atoms with van der Waals surface area (Å²) in [5.41, 5.74) is 1.10. The molecule has 0 saturated carbocycles. The first-order valence-electron chi connectivity index (χ1n) is 6.52. The average Bonchev–Trinajstić information content (AvgIpc) is 2.40. The topological polar surface area (TPSA) is 50.4 Å². The van der Waals surface area contributed by atoms with Crippen molar-refractivity contribution >= 4 is 34.2 Å². The number of halogens is 2. The second-order valence-corrected chi connectivity index (χ2v) is 5.66. The van der Waals surface area contributed by atoms with Crippen molar-refractivity contribution in [2.24, 2.45) is 0 Å². The zero-order valence-electron chi connectivity index (χ0n) is 11.4. The monoisotopic (exact) mass is 362 g/mol. The molecule has 1 aromatic carbocycles. The number of benzene rings is 1. The molecule has 20 heavy (non-hydrogen) atoms. The van der Waals surface area contributed by atoms with E-state index in [9.17, 15) is 4.79 Å². The maximum absolute atomic E-state index is 11.9. The smallest absolute Gasteiger partial charge is 0.223 e. The minimum atomic E-state index is -0.00846. The van der Waals surface area contributed by atoms with Gasteiger partial charge in [0, 0.05) is 17.6 Å². The van der Waals surface area contributed by atoms with E-state index in [2.05, 4.69) is 26.6 Å². The third kappa shape index (κ3) is 5.40. The Morgan fingerprint density at radius 2 is 2.20 bits per heavy atom. The van der Waals surface area contributed by atoms with E-state index in [1.54, 1.807) is 0 Å². The van der Waals surface area contributed by atoms with Gasteiger partial charge in [0.1, 0.15) is 0 Å². The Morgan fingerprint density at radius 3 is 2.80 bits per heavy atom. The van der Waals surface area contributed by atoms with Crippen molar-refractivity contribution < 1.29 is 9.53 Å². The lowest BCUT2D eigenvalue weighted by atomic mass is 10.1. The van der Waals surface area contributed by atoms with Crippen LogP contribution >= 0.6 is 28.3 Å². The Balaban J connectivity index is 0.00000200. The number of rotatable bonds is 4. The number of carbonyl (C=O) groups excluding carboxylic acids is 1. The highest BCUT2D eigenvalue weighted by Crippen LogP contribution is 2.16. The predicted molar refractivity (Wildman–Crippen MR) is 85.2 cm³/mol. The van der Waals surface area contributed by atoms with Crippen molar-refractivity contribution in [2.45, 2.75) is 25.5 Å². The van der Waals surface area contributed by atoms with E-state index in [-0.39, 0.29) is 30.5 Å². The molecule has 1 aliphatic rings. The molecule has 4 nitrogen and oxygen atoms in total. The molecule has 0 spiro atoms. The van der Waals surface area contributed by atoms with Gasteiger partial charge < -0.3 is 15.4 Å². The minimum Gasteiger partial charge on any atom is -0.375 e. The molecule has 1 fully saturated rings. The van der Waals surface area contributed by atoms with Crippen LogP contribution in [0.5, 0.6) is 0 Å². The summed E-state index contributed by atoms with van der Waals surface area (Å²) in [5, 5.41) is 6.22. The Hall–Kier alpha value is -0.620. The van der Waals surface area contributed by atoms with Crippen LogP contribution in [0.3, 0.4) is 0 Å². The van der Waals surface area contributed by atoms with E-state index >= 15 is 0 Å². The maximum Gasteiger partial charge on any atom is 0.223 e. The van der Waals surface area contributed by atoms with Gasteiger partial charge in [0.05, 0.1) is 25.2 Å². The molecule has 2 N–H and O–H groups in total. The molecule has 2 unspecified atom stereocenters. The van der Waals surface area contributed by atoms with Gasteiger partial charge in [-0.1, -0.05) is 28.1 Å². The number of nitrogens with one attached hydrogen (secondary N) is 2. The van der Waals surface area contributed by atoms with Crippen molar-refractivity contribution in [1.82, 2.24) is 10.6 Å². The second-order valence-electron chi connectivity index (χ2n) is 4.74. The number of carbonyl (C=O) groups is 1. The average molecular weight is 364 g/mol. The van der Waals surface area contributed by atoms with Gasteiger partial charge >= 0.3 is 0 Å². The van der Waals surface area contributed by atoms with Gasteiger partial charge in [-0.2, -0.15) is 0 Å². The molecule has 0 bridgehead atoms.